The van der Waals surface area contributed by atoms with Crippen LogP contribution in [-0.2, 0) is 4.79 Å². The summed E-state index contributed by atoms with van der Waals surface area (Å²) < 4.78 is 0. The van der Waals surface area contributed by atoms with Crippen molar-refractivity contribution < 1.29 is 14.4 Å². The summed E-state index contributed by atoms with van der Waals surface area (Å²) in [5.41, 5.74) is 2.12. The normalized spacial score (nSPS) is 16.4. The number of nitrogens with zero attached hydrogens (tertiary/aromatic N) is 2. The number of piperidine rings is 1. The van der Waals surface area contributed by atoms with E-state index in [0.29, 0.717) is 30.2 Å². The number of pyridine rings is 1. The SMILES string of the molecule is CC(=O)c1cccc(NC(=O)N2CCCC(C(=O)Nc3ccc(C)cn3)C2)c1. The maximum atomic E-state index is 12.6. The Morgan fingerprint density at radius 1 is 1.14 bits per heavy atom. The topological polar surface area (TPSA) is 91.4 Å². The zero-order valence-electron chi connectivity index (χ0n) is 16.1. The molecule has 1 aromatic carbocycles. The minimum absolute atomic E-state index is 0.0597. The molecule has 3 amide bonds. The number of carbonyl (C=O) groups is 3. The molecule has 2 heterocycles. The fraction of sp³-hybridized carbons (Fsp3) is 0.333. The second-order valence-corrected chi connectivity index (χ2v) is 7.06. The second-order valence-electron chi connectivity index (χ2n) is 7.06. The molecule has 3 rings (SSSR count). The number of anilines is 2. The van der Waals surface area contributed by atoms with E-state index in [0.717, 1.165) is 18.4 Å². The molecule has 0 radical (unpaired) electrons. The summed E-state index contributed by atoms with van der Waals surface area (Å²) in [5.74, 6) is 0.0346. The summed E-state index contributed by atoms with van der Waals surface area (Å²) >= 11 is 0. The third-order valence-electron chi connectivity index (χ3n) is 4.76. The minimum atomic E-state index is -0.286. The van der Waals surface area contributed by atoms with Gasteiger partial charge >= 0.3 is 6.03 Å². The standard InChI is InChI=1S/C21H24N4O3/c1-14-8-9-19(22-12-14)24-20(27)17-6-4-10-25(13-17)21(28)23-18-7-3-5-16(11-18)15(2)26/h3,5,7-9,11-12,17H,4,6,10,13H2,1-2H3,(H,23,28)(H,22,24,27). The maximum absolute atomic E-state index is 12.6. The molecule has 1 fully saturated rings. The van der Waals surface area contributed by atoms with E-state index in [4.69, 9.17) is 0 Å². The number of rotatable bonds is 4. The Labute approximate surface area is 164 Å². The molecule has 0 bridgehead atoms. The fourth-order valence-corrected chi connectivity index (χ4v) is 3.16. The van der Waals surface area contributed by atoms with E-state index >= 15 is 0 Å². The molecule has 7 heteroatoms. The van der Waals surface area contributed by atoms with E-state index in [2.05, 4.69) is 15.6 Å². The van der Waals surface area contributed by atoms with E-state index in [-0.39, 0.29) is 23.6 Å². The maximum Gasteiger partial charge on any atom is 0.321 e. The molecule has 1 atom stereocenters. The van der Waals surface area contributed by atoms with Crippen molar-refractivity contribution in [3.63, 3.8) is 0 Å². The summed E-state index contributed by atoms with van der Waals surface area (Å²) in [6, 6.07) is 10.2. The average Bonchev–Trinajstić information content (AvgIpc) is 2.70. The van der Waals surface area contributed by atoms with Gasteiger partial charge in [-0.05, 0) is 50.5 Å². The Bertz CT molecular complexity index is 879. The quantitative estimate of drug-likeness (QED) is 0.795. The van der Waals surface area contributed by atoms with E-state index in [1.165, 1.54) is 6.92 Å². The lowest BCUT2D eigenvalue weighted by molar-refractivity contribution is -0.121. The van der Waals surface area contributed by atoms with Crippen molar-refractivity contribution in [1.29, 1.82) is 0 Å². The highest BCUT2D eigenvalue weighted by Crippen LogP contribution is 2.20. The number of Topliss-reactive ketones (excluding diaryl/α,β-unsaturated/α-hetero) is 1. The molecular formula is C21H24N4O3. The van der Waals surface area contributed by atoms with Gasteiger partial charge in [0.15, 0.2) is 5.78 Å². The molecule has 0 aliphatic carbocycles. The molecule has 2 aromatic rings. The van der Waals surface area contributed by atoms with Crippen LogP contribution in [0.2, 0.25) is 0 Å². The third-order valence-corrected chi connectivity index (χ3v) is 4.76. The molecule has 1 aromatic heterocycles. The zero-order valence-corrected chi connectivity index (χ0v) is 16.1. The molecule has 0 spiro atoms. The van der Waals surface area contributed by atoms with Crippen molar-refractivity contribution in [2.75, 3.05) is 23.7 Å². The van der Waals surface area contributed by atoms with Crippen molar-refractivity contribution in [2.24, 2.45) is 5.92 Å². The van der Waals surface area contributed by atoms with Gasteiger partial charge in [0, 0.05) is 30.5 Å². The molecule has 1 aliphatic heterocycles. The summed E-state index contributed by atoms with van der Waals surface area (Å²) in [5, 5.41) is 5.64. The Balaban J connectivity index is 1.60. The van der Waals surface area contributed by atoms with Crippen LogP contribution in [-0.4, -0.2) is 40.7 Å². The minimum Gasteiger partial charge on any atom is -0.324 e. The van der Waals surface area contributed by atoms with Gasteiger partial charge in [0.05, 0.1) is 5.92 Å². The van der Waals surface area contributed by atoms with Gasteiger partial charge in [0.25, 0.3) is 0 Å². The predicted octanol–water partition coefficient (Wildman–Crippen LogP) is 3.48. The lowest BCUT2D eigenvalue weighted by Crippen LogP contribution is -2.45. The number of hydrogen-bond acceptors (Lipinski definition) is 4. The summed E-state index contributed by atoms with van der Waals surface area (Å²) in [4.78, 5) is 42.5. The van der Waals surface area contributed by atoms with Crippen LogP contribution in [0.15, 0.2) is 42.6 Å². The molecule has 146 valence electrons. The van der Waals surface area contributed by atoms with Gasteiger partial charge in [0.2, 0.25) is 5.91 Å². The number of hydrogen-bond donors (Lipinski definition) is 2. The van der Waals surface area contributed by atoms with Crippen LogP contribution in [0.5, 0.6) is 0 Å². The molecule has 1 aliphatic rings. The van der Waals surface area contributed by atoms with E-state index in [9.17, 15) is 14.4 Å². The van der Waals surface area contributed by atoms with E-state index in [1.54, 1.807) is 41.4 Å². The van der Waals surface area contributed by atoms with Gasteiger partial charge in [-0.1, -0.05) is 18.2 Å². The molecule has 0 saturated carbocycles. The number of aromatic nitrogens is 1. The largest absolute Gasteiger partial charge is 0.324 e. The van der Waals surface area contributed by atoms with Crippen LogP contribution < -0.4 is 10.6 Å². The summed E-state index contributed by atoms with van der Waals surface area (Å²) in [6.45, 7) is 4.35. The van der Waals surface area contributed by atoms with Crippen molar-refractivity contribution in [2.45, 2.75) is 26.7 Å². The number of urea groups is 1. The van der Waals surface area contributed by atoms with Gasteiger partial charge in [0.1, 0.15) is 5.82 Å². The summed E-state index contributed by atoms with van der Waals surface area (Å²) in [6.07, 6.45) is 3.17. The molecule has 1 unspecified atom stereocenters. The van der Waals surface area contributed by atoms with Crippen molar-refractivity contribution in [1.82, 2.24) is 9.88 Å². The number of amides is 3. The van der Waals surface area contributed by atoms with E-state index in [1.807, 2.05) is 13.0 Å². The zero-order chi connectivity index (χ0) is 20.1. The Morgan fingerprint density at radius 2 is 1.96 bits per heavy atom. The Hall–Kier alpha value is -3.22. The first kappa shape index (κ1) is 19.5. The van der Waals surface area contributed by atoms with Gasteiger partial charge in [-0.15, -0.1) is 0 Å². The first-order chi connectivity index (χ1) is 13.4. The van der Waals surface area contributed by atoms with Crippen LogP contribution in [0, 0.1) is 12.8 Å². The number of likely N-dealkylation sites (tertiary alicyclic amines) is 1. The number of aryl methyl sites for hydroxylation is 1. The highest BCUT2D eigenvalue weighted by atomic mass is 16.2. The van der Waals surface area contributed by atoms with Gasteiger partial charge < -0.3 is 15.5 Å². The second kappa shape index (κ2) is 8.65. The Morgan fingerprint density at radius 3 is 2.68 bits per heavy atom. The van der Waals surface area contributed by atoms with Gasteiger partial charge in [-0.2, -0.15) is 0 Å². The van der Waals surface area contributed by atoms with Crippen LogP contribution in [0.4, 0.5) is 16.3 Å². The van der Waals surface area contributed by atoms with E-state index < -0.39 is 0 Å². The Kier molecular flexibility index (Phi) is 6.03. The fourth-order valence-electron chi connectivity index (χ4n) is 3.16. The van der Waals surface area contributed by atoms with Gasteiger partial charge in [-0.25, -0.2) is 9.78 Å². The first-order valence-electron chi connectivity index (χ1n) is 9.33. The van der Waals surface area contributed by atoms with Crippen LogP contribution in [0.3, 0.4) is 0 Å². The smallest absolute Gasteiger partial charge is 0.321 e. The van der Waals surface area contributed by atoms with Crippen molar-refractivity contribution >= 4 is 29.2 Å². The third kappa shape index (κ3) is 4.94. The highest BCUT2D eigenvalue weighted by molar-refractivity contribution is 5.97. The number of benzene rings is 1. The highest BCUT2D eigenvalue weighted by Gasteiger charge is 2.28. The number of ketones is 1. The van der Waals surface area contributed by atoms with Crippen LogP contribution >= 0.6 is 0 Å². The van der Waals surface area contributed by atoms with Gasteiger partial charge in [-0.3, -0.25) is 9.59 Å². The lowest BCUT2D eigenvalue weighted by Gasteiger charge is -2.32. The number of carbonyl (C=O) groups excluding carboxylic acids is 3. The van der Waals surface area contributed by atoms with Crippen LogP contribution in [0.1, 0.15) is 35.7 Å². The monoisotopic (exact) mass is 380 g/mol. The predicted molar refractivity (Wildman–Crippen MR) is 107 cm³/mol. The summed E-state index contributed by atoms with van der Waals surface area (Å²) in [7, 11) is 0. The lowest BCUT2D eigenvalue weighted by atomic mass is 9.97. The number of nitrogens with one attached hydrogen (secondary N) is 2. The van der Waals surface area contributed by atoms with Crippen LogP contribution in [0.25, 0.3) is 0 Å². The molecule has 28 heavy (non-hydrogen) atoms. The molecule has 2 N–H and O–H groups in total. The molecular weight excluding hydrogens is 356 g/mol. The first-order valence-corrected chi connectivity index (χ1v) is 9.33. The average molecular weight is 380 g/mol. The van der Waals surface area contributed by atoms with Crippen molar-refractivity contribution in [3.8, 4) is 0 Å². The molecule has 7 nitrogen and oxygen atoms in total. The van der Waals surface area contributed by atoms with Crippen molar-refractivity contribution in [3.05, 3.63) is 53.7 Å². The molecule has 1 saturated heterocycles.